The molecular formula is C38H21Cl3F8N6O6. The van der Waals surface area contributed by atoms with Crippen molar-refractivity contribution in [1.29, 1.82) is 0 Å². The van der Waals surface area contributed by atoms with Crippen molar-refractivity contribution in [2.75, 3.05) is 24.3 Å². The number of carbonyl (C=O) groups is 2. The van der Waals surface area contributed by atoms with Crippen LogP contribution in [-0.4, -0.2) is 56.5 Å². The van der Waals surface area contributed by atoms with Crippen LogP contribution in [0.5, 0.6) is 23.0 Å². The molecule has 2 aromatic heterocycles. The van der Waals surface area contributed by atoms with Crippen LogP contribution in [0, 0.1) is 23.3 Å². The average molecular weight is 916 g/mol. The van der Waals surface area contributed by atoms with E-state index in [1.54, 1.807) is 0 Å². The van der Waals surface area contributed by atoms with Gasteiger partial charge in [-0.1, -0.05) is 35.3 Å². The Morgan fingerprint density at radius 2 is 1.07 bits per heavy atom. The van der Waals surface area contributed by atoms with Gasteiger partial charge in [0, 0.05) is 23.3 Å². The van der Waals surface area contributed by atoms with Gasteiger partial charge in [0.2, 0.25) is 0 Å². The molecule has 2 aliphatic heterocycles. The molecule has 0 radical (unpaired) electrons. The molecule has 1 amide bonds. The molecule has 61 heavy (non-hydrogen) atoms. The second-order valence-electron chi connectivity index (χ2n) is 12.1. The minimum Gasteiger partial charge on any atom is -0.479 e. The number of rotatable bonds is 5. The summed E-state index contributed by atoms with van der Waals surface area (Å²) in [6, 6.07) is 11.4. The highest BCUT2D eigenvalue weighted by molar-refractivity contribution is 6.67. The van der Waals surface area contributed by atoms with Crippen LogP contribution in [0.15, 0.2) is 85.5 Å². The summed E-state index contributed by atoms with van der Waals surface area (Å²) in [7, 11) is 0. The maximum atomic E-state index is 13.7. The fourth-order valence-electron chi connectivity index (χ4n) is 5.14. The molecule has 0 unspecified atom stereocenters. The van der Waals surface area contributed by atoms with Gasteiger partial charge in [-0.05, 0) is 48.0 Å². The molecule has 0 saturated heterocycles. The number of benzene rings is 4. The number of amides is 1. The quantitative estimate of drug-likeness (QED) is 0.125. The molecule has 2 aliphatic rings. The molecular weight excluding hydrogens is 895 g/mol. The van der Waals surface area contributed by atoms with Crippen LogP contribution < -0.4 is 30.0 Å². The monoisotopic (exact) mass is 914 g/mol. The summed E-state index contributed by atoms with van der Waals surface area (Å²) in [6.45, 7) is -1.81. The van der Waals surface area contributed by atoms with Crippen molar-refractivity contribution < 1.29 is 63.7 Å². The third-order valence-electron chi connectivity index (χ3n) is 7.84. The molecule has 6 aromatic rings. The molecule has 8 rings (SSSR count). The van der Waals surface area contributed by atoms with Crippen molar-refractivity contribution in [3.8, 4) is 45.5 Å². The Kier molecular flexibility index (Phi) is 13.0. The van der Waals surface area contributed by atoms with Gasteiger partial charge >= 0.3 is 12.2 Å². The van der Waals surface area contributed by atoms with Crippen LogP contribution in [0.25, 0.3) is 22.5 Å². The van der Waals surface area contributed by atoms with E-state index in [0.717, 1.165) is 48.7 Å². The van der Waals surface area contributed by atoms with Gasteiger partial charge < -0.3 is 30.0 Å². The Balaban J connectivity index is 0.000000172. The van der Waals surface area contributed by atoms with Gasteiger partial charge in [-0.25, -0.2) is 27.5 Å². The fraction of sp³-hybridized carbons (Fsp3) is 0.105. The third kappa shape index (κ3) is 10.6. The van der Waals surface area contributed by atoms with Crippen LogP contribution in [-0.2, 0) is 0 Å². The number of carbonyl (C=O) groups excluding carboxylic acids is 2. The summed E-state index contributed by atoms with van der Waals surface area (Å²) in [4.78, 5) is 38.5. The lowest BCUT2D eigenvalue weighted by Crippen LogP contribution is -2.35. The number of alkyl halides is 4. The number of nitrogens with one attached hydrogen (secondary N) is 1. The fourth-order valence-corrected chi connectivity index (χ4v) is 5.82. The Bertz CT molecular complexity index is 2590. The van der Waals surface area contributed by atoms with Crippen LogP contribution in [0.3, 0.4) is 0 Å². The predicted molar refractivity (Wildman–Crippen MR) is 202 cm³/mol. The molecule has 0 fully saturated rings. The molecule has 4 aromatic carbocycles. The number of hydrogen-bond acceptors (Lipinski definition) is 11. The maximum Gasteiger partial charge on any atom is 0.433 e. The SMILES string of the molecule is Nc1cnc(-c2cc3c(cc2Cl)OC(F)(F)CO3)cn1.O=C(Cl)c1c(F)cccc1F.O=C(Nc1cnc(-c2cc3c(cc2Cl)OC(F)(F)CO3)cn1)c1c(F)cccc1F. The van der Waals surface area contributed by atoms with E-state index in [1.807, 2.05) is 0 Å². The molecule has 3 N–H and O–H groups in total. The minimum absolute atomic E-state index is 0.0505. The smallest absolute Gasteiger partial charge is 0.433 e. The summed E-state index contributed by atoms with van der Waals surface area (Å²) < 4.78 is 124. The highest BCUT2D eigenvalue weighted by atomic mass is 35.5. The predicted octanol–water partition coefficient (Wildman–Crippen LogP) is 9.78. The maximum absolute atomic E-state index is 13.7. The number of halogens is 11. The summed E-state index contributed by atoms with van der Waals surface area (Å²) in [6.07, 6.45) is -1.64. The van der Waals surface area contributed by atoms with E-state index in [4.69, 9.17) is 50.0 Å². The van der Waals surface area contributed by atoms with Gasteiger partial charge in [-0.15, -0.1) is 0 Å². The summed E-state index contributed by atoms with van der Waals surface area (Å²) >= 11 is 17.1. The lowest BCUT2D eigenvalue weighted by molar-refractivity contribution is -0.209. The number of nitrogens with two attached hydrogens (primary N) is 1. The van der Waals surface area contributed by atoms with Crippen molar-refractivity contribution in [3.63, 3.8) is 0 Å². The first kappa shape index (κ1) is 44.1. The lowest BCUT2D eigenvalue weighted by Gasteiger charge is -2.26. The Morgan fingerprint density at radius 3 is 1.46 bits per heavy atom. The molecule has 0 atom stereocenters. The molecule has 4 heterocycles. The van der Waals surface area contributed by atoms with E-state index in [9.17, 15) is 44.7 Å². The van der Waals surface area contributed by atoms with E-state index in [0.29, 0.717) is 16.8 Å². The number of nitrogen functional groups attached to an aromatic ring is 1. The number of aromatic nitrogens is 4. The lowest BCUT2D eigenvalue weighted by atomic mass is 10.1. The Hall–Kier alpha value is -6.51. The zero-order chi connectivity index (χ0) is 44.2. The van der Waals surface area contributed by atoms with Gasteiger partial charge in [0.25, 0.3) is 11.1 Å². The topological polar surface area (TPSA) is 161 Å². The van der Waals surface area contributed by atoms with E-state index < -0.39 is 71.0 Å². The molecule has 0 aliphatic carbocycles. The second-order valence-corrected chi connectivity index (χ2v) is 13.3. The van der Waals surface area contributed by atoms with Gasteiger partial charge in [0.15, 0.2) is 42.0 Å². The average Bonchev–Trinajstić information content (AvgIpc) is 3.18. The molecule has 23 heteroatoms. The van der Waals surface area contributed by atoms with Crippen LogP contribution in [0.2, 0.25) is 10.0 Å². The van der Waals surface area contributed by atoms with Crippen molar-refractivity contribution in [2.45, 2.75) is 12.2 Å². The van der Waals surface area contributed by atoms with Gasteiger partial charge in [-0.2, -0.15) is 17.6 Å². The molecule has 0 spiro atoms. The van der Waals surface area contributed by atoms with Gasteiger partial charge in [0.1, 0.15) is 40.2 Å². The second kappa shape index (κ2) is 18.0. The molecule has 0 saturated carbocycles. The number of ether oxygens (including phenoxy) is 4. The number of fused-ring (bicyclic) bond motifs is 2. The first-order chi connectivity index (χ1) is 28.8. The highest BCUT2D eigenvalue weighted by Crippen LogP contribution is 2.44. The van der Waals surface area contributed by atoms with E-state index in [-0.39, 0.29) is 50.4 Å². The van der Waals surface area contributed by atoms with Crippen LogP contribution in [0.1, 0.15) is 20.7 Å². The van der Waals surface area contributed by atoms with Gasteiger partial charge in [0.05, 0.1) is 46.2 Å². The zero-order valence-electron chi connectivity index (χ0n) is 30.0. The first-order valence-corrected chi connectivity index (χ1v) is 17.8. The van der Waals surface area contributed by atoms with E-state index in [2.05, 4.69) is 34.7 Å². The number of hydrogen-bond donors (Lipinski definition) is 2. The van der Waals surface area contributed by atoms with E-state index in [1.165, 1.54) is 36.8 Å². The summed E-state index contributed by atoms with van der Waals surface area (Å²) in [5.74, 6) is -4.87. The number of nitrogens with zero attached hydrogens (tertiary/aromatic N) is 4. The third-order valence-corrected chi connectivity index (χ3v) is 8.66. The van der Waals surface area contributed by atoms with Crippen molar-refractivity contribution in [3.05, 3.63) is 130 Å². The summed E-state index contributed by atoms with van der Waals surface area (Å²) in [5, 5.41) is 1.36. The molecule has 12 nitrogen and oxygen atoms in total. The standard InChI is InChI=1S/C19H10ClF4N3O3.C12H8ClF2N3O2.C7H3ClF2O/c20-10-5-15-14(29-8-19(23,24)30-15)4-9(10)13-6-26-16(7-25-13)27-18(28)17-11(21)2-1-3-12(17)22;13-7-2-10-9(19-5-12(14,15)20-10)1-6(7)8-3-18-11(16)4-17-8;8-7(11)6-4(9)2-1-3-5(6)10/h1-7H,8H2,(H,26,27,28);1-4H,5H2,(H2,16,18);1-3H. The van der Waals surface area contributed by atoms with Crippen LogP contribution >= 0.6 is 34.8 Å². The van der Waals surface area contributed by atoms with Crippen molar-refractivity contribution in [1.82, 2.24) is 19.9 Å². The first-order valence-electron chi connectivity index (χ1n) is 16.7. The normalized spacial score (nSPS) is 14.0. The number of anilines is 2. The zero-order valence-corrected chi connectivity index (χ0v) is 32.2. The Labute approximate surface area is 352 Å². The molecule has 316 valence electrons. The summed E-state index contributed by atoms with van der Waals surface area (Å²) in [5.41, 5.74) is 5.49. The minimum atomic E-state index is -3.46. The van der Waals surface area contributed by atoms with Crippen molar-refractivity contribution >= 4 is 57.6 Å². The van der Waals surface area contributed by atoms with Gasteiger partial charge in [-0.3, -0.25) is 19.6 Å². The Morgan fingerprint density at radius 1 is 0.623 bits per heavy atom. The van der Waals surface area contributed by atoms with Crippen molar-refractivity contribution in [2.24, 2.45) is 0 Å². The van der Waals surface area contributed by atoms with Crippen LogP contribution in [0.4, 0.5) is 46.8 Å². The highest BCUT2D eigenvalue weighted by Gasteiger charge is 2.39. The molecule has 0 bridgehead atoms. The van der Waals surface area contributed by atoms with E-state index >= 15 is 0 Å². The largest absolute Gasteiger partial charge is 0.479 e.